The summed E-state index contributed by atoms with van der Waals surface area (Å²) in [5.41, 5.74) is 2.82. The van der Waals surface area contributed by atoms with Gasteiger partial charge in [0.2, 0.25) is 0 Å². The predicted octanol–water partition coefficient (Wildman–Crippen LogP) is 1.67. The van der Waals surface area contributed by atoms with Gasteiger partial charge in [-0.2, -0.15) is 10.4 Å². The molecule has 1 fully saturated rings. The Balaban J connectivity index is 1.41. The number of β-amino-alcohol motifs (C(OH)–C–C–N with tert-alkyl or cyclic N) is 1. The Labute approximate surface area is 141 Å². The molecule has 0 amide bonds. The van der Waals surface area contributed by atoms with Gasteiger partial charge in [0.15, 0.2) is 0 Å². The zero-order chi connectivity index (χ0) is 17.1. The van der Waals surface area contributed by atoms with Crippen molar-refractivity contribution < 1.29 is 9.84 Å². The molecule has 1 aliphatic heterocycles. The summed E-state index contributed by atoms with van der Waals surface area (Å²) in [5.74, 6) is 0.664. The third-order valence-corrected chi connectivity index (χ3v) is 4.22. The van der Waals surface area contributed by atoms with Crippen LogP contribution in [0.25, 0.3) is 0 Å². The van der Waals surface area contributed by atoms with Crippen LogP contribution in [0.3, 0.4) is 0 Å². The van der Waals surface area contributed by atoms with E-state index in [0.29, 0.717) is 23.9 Å². The van der Waals surface area contributed by atoms with Crippen LogP contribution in [-0.4, -0.2) is 52.1 Å². The number of aromatic nitrogens is 2. The first-order chi connectivity index (χ1) is 11.5. The van der Waals surface area contributed by atoms with Gasteiger partial charge in [0.25, 0.3) is 0 Å². The van der Waals surface area contributed by atoms with Crippen LogP contribution >= 0.6 is 0 Å². The Bertz CT molecular complexity index is 726. The van der Waals surface area contributed by atoms with Gasteiger partial charge in [-0.3, -0.25) is 9.58 Å². The lowest BCUT2D eigenvalue weighted by Gasteiger charge is -2.40. The highest BCUT2D eigenvalue weighted by Crippen LogP contribution is 2.22. The van der Waals surface area contributed by atoms with Crippen molar-refractivity contribution in [3.63, 3.8) is 0 Å². The van der Waals surface area contributed by atoms with Gasteiger partial charge in [-0.1, -0.05) is 0 Å². The number of nitrogens with zero attached hydrogens (tertiary/aromatic N) is 4. The van der Waals surface area contributed by atoms with E-state index in [2.05, 4.69) is 33.7 Å². The average molecular weight is 326 g/mol. The highest BCUT2D eigenvalue weighted by molar-refractivity contribution is 5.34. The molecule has 24 heavy (non-hydrogen) atoms. The molecular weight excluding hydrogens is 304 g/mol. The third kappa shape index (κ3) is 3.75. The van der Waals surface area contributed by atoms with Crippen LogP contribution in [0.2, 0.25) is 0 Å². The van der Waals surface area contributed by atoms with E-state index in [-0.39, 0.29) is 6.61 Å². The van der Waals surface area contributed by atoms with Crippen LogP contribution in [0, 0.1) is 25.2 Å². The van der Waals surface area contributed by atoms with E-state index in [9.17, 15) is 5.11 Å². The summed E-state index contributed by atoms with van der Waals surface area (Å²) in [7, 11) is 0. The normalized spacial score (nSPS) is 16.4. The molecule has 3 rings (SSSR count). The van der Waals surface area contributed by atoms with Crippen molar-refractivity contribution in [3.8, 4) is 11.8 Å². The summed E-state index contributed by atoms with van der Waals surface area (Å²) in [4.78, 5) is 2.20. The number of aryl methyl sites for hydroxylation is 2. The molecular formula is C18H22N4O2. The molecule has 2 aromatic rings. The largest absolute Gasteiger partial charge is 0.491 e. The average Bonchev–Trinajstić information content (AvgIpc) is 2.87. The first kappa shape index (κ1) is 16.5. The molecule has 1 aromatic heterocycles. The number of rotatable bonds is 6. The Kier molecular flexibility index (Phi) is 4.84. The summed E-state index contributed by atoms with van der Waals surface area (Å²) >= 11 is 0. The van der Waals surface area contributed by atoms with E-state index in [1.54, 1.807) is 24.3 Å². The van der Waals surface area contributed by atoms with Crippen LogP contribution < -0.4 is 4.74 Å². The number of hydrogen-bond donors (Lipinski definition) is 1. The zero-order valence-electron chi connectivity index (χ0n) is 14.0. The van der Waals surface area contributed by atoms with E-state index in [1.807, 2.05) is 6.92 Å². The van der Waals surface area contributed by atoms with Gasteiger partial charge in [0, 0.05) is 25.3 Å². The Morgan fingerprint density at radius 3 is 2.62 bits per heavy atom. The third-order valence-electron chi connectivity index (χ3n) is 4.22. The summed E-state index contributed by atoms with van der Waals surface area (Å²) in [5, 5.41) is 23.4. The first-order valence-corrected chi connectivity index (χ1v) is 8.11. The lowest BCUT2D eigenvalue weighted by molar-refractivity contribution is 0.0199. The maximum Gasteiger partial charge on any atom is 0.119 e. The highest BCUT2D eigenvalue weighted by atomic mass is 16.5. The summed E-state index contributed by atoms with van der Waals surface area (Å²) in [6.45, 7) is 6.71. The van der Waals surface area contributed by atoms with Crippen LogP contribution in [0.4, 0.5) is 0 Å². The predicted molar refractivity (Wildman–Crippen MR) is 89.8 cm³/mol. The number of likely N-dealkylation sites (tertiary alicyclic amines) is 1. The van der Waals surface area contributed by atoms with E-state index < -0.39 is 6.10 Å². The van der Waals surface area contributed by atoms with Crippen LogP contribution in [0.1, 0.15) is 23.0 Å². The molecule has 6 nitrogen and oxygen atoms in total. The Morgan fingerprint density at radius 2 is 2.04 bits per heavy atom. The quantitative estimate of drug-likeness (QED) is 0.874. The molecule has 0 radical (unpaired) electrons. The van der Waals surface area contributed by atoms with Crippen molar-refractivity contribution in [1.82, 2.24) is 14.7 Å². The van der Waals surface area contributed by atoms with E-state index in [1.165, 1.54) is 5.69 Å². The number of aliphatic hydroxyl groups excluding tert-OH is 1. The fourth-order valence-corrected chi connectivity index (χ4v) is 3.03. The van der Waals surface area contributed by atoms with Gasteiger partial charge in [-0.05, 0) is 44.2 Å². The second-order valence-electron chi connectivity index (χ2n) is 6.35. The van der Waals surface area contributed by atoms with Crippen LogP contribution in [0.5, 0.6) is 5.75 Å². The lowest BCUT2D eigenvalue weighted by Crippen LogP contribution is -2.51. The van der Waals surface area contributed by atoms with Crippen molar-refractivity contribution in [1.29, 1.82) is 5.26 Å². The van der Waals surface area contributed by atoms with Gasteiger partial charge in [-0.15, -0.1) is 0 Å². The molecule has 1 N–H and O–H groups in total. The molecule has 0 unspecified atom stereocenters. The van der Waals surface area contributed by atoms with Gasteiger partial charge >= 0.3 is 0 Å². The fraction of sp³-hybridized carbons (Fsp3) is 0.444. The molecule has 0 saturated carbocycles. The molecule has 0 bridgehead atoms. The van der Waals surface area contributed by atoms with Crippen molar-refractivity contribution in [2.24, 2.45) is 0 Å². The summed E-state index contributed by atoms with van der Waals surface area (Å²) in [6, 6.07) is 11.4. The van der Waals surface area contributed by atoms with Gasteiger partial charge in [0.1, 0.15) is 18.5 Å². The Hall–Kier alpha value is -2.36. The number of nitriles is 1. The standard InChI is InChI=1S/C18H22N4O2/c1-13-7-14(2)22(20-13)16-9-21(10-16)11-17(23)12-24-18-5-3-15(8-19)4-6-18/h3-7,16-17,23H,9-12H2,1-2H3/t17-/m1/s1. The topological polar surface area (TPSA) is 74.3 Å². The van der Waals surface area contributed by atoms with Crippen molar-refractivity contribution >= 4 is 0 Å². The molecule has 6 heteroatoms. The number of ether oxygens (including phenoxy) is 1. The van der Waals surface area contributed by atoms with E-state index in [0.717, 1.165) is 18.8 Å². The van der Waals surface area contributed by atoms with Crippen molar-refractivity contribution in [3.05, 3.63) is 47.3 Å². The molecule has 0 aliphatic carbocycles. The number of benzene rings is 1. The molecule has 1 saturated heterocycles. The summed E-state index contributed by atoms with van der Waals surface area (Å²) < 4.78 is 7.64. The minimum atomic E-state index is -0.540. The minimum absolute atomic E-state index is 0.243. The van der Waals surface area contributed by atoms with Crippen molar-refractivity contribution in [2.45, 2.75) is 26.0 Å². The summed E-state index contributed by atoms with van der Waals surface area (Å²) in [6.07, 6.45) is -0.540. The molecule has 0 spiro atoms. The van der Waals surface area contributed by atoms with Gasteiger partial charge in [-0.25, -0.2) is 0 Å². The van der Waals surface area contributed by atoms with Crippen LogP contribution in [-0.2, 0) is 0 Å². The molecule has 1 aliphatic rings. The Morgan fingerprint density at radius 1 is 1.33 bits per heavy atom. The second-order valence-corrected chi connectivity index (χ2v) is 6.35. The maximum absolute atomic E-state index is 10.1. The SMILES string of the molecule is Cc1cc(C)n(C2CN(C[C@@H](O)COc3ccc(C#N)cc3)C2)n1. The van der Waals surface area contributed by atoms with Gasteiger partial charge < -0.3 is 9.84 Å². The molecule has 126 valence electrons. The lowest BCUT2D eigenvalue weighted by atomic mass is 10.1. The maximum atomic E-state index is 10.1. The van der Waals surface area contributed by atoms with Crippen molar-refractivity contribution in [2.75, 3.05) is 26.2 Å². The smallest absolute Gasteiger partial charge is 0.119 e. The van der Waals surface area contributed by atoms with E-state index in [4.69, 9.17) is 10.00 Å². The monoisotopic (exact) mass is 326 g/mol. The van der Waals surface area contributed by atoms with Gasteiger partial charge in [0.05, 0.1) is 23.4 Å². The fourth-order valence-electron chi connectivity index (χ4n) is 3.03. The number of aliphatic hydroxyl groups is 1. The van der Waals surface area contributed by atoms with Crippen LogP contribution in [0.15, 0.2) is 30.3 Å². The second kappa shape index (κ2) is 7.04. The molecule has 1 atom stereocenters. The molecule has 1 aromatic carbocycles. The molecule has 2 heterocycles. The number of hydrogen-bond acceptors (Lipinski definition) is 5. The minimum Gasteiger partial charge on any atom is -0.491 e. The van der Waals surface area contributed by atoms with E-state index >= 15 is 0 Å². The zero-order valence-corrected chi connectivity index (χ0v) is 14.0. The highest BCUT2D eigenvalue weighted by Gasteiger charge is 2.30. The first-order valence-electron chi connectivity index (χ1n) is 8.11.